The lowest BCUT2D eigenvalue weighted by atomic mass is 10.0. The molecule has 0 saturated carbocycles. The van der Waals surface area contributed by atoms with Crippen molar-refractivity contribution in [3.05, 3.63) is 52.6 Å². The van der Waals surface area contributed by atoms with Gasteiger partial charge in [0.15, 0.2) is 0 Å². The Hall–Kier alpha value is -1.92. The minimum absolute atomic E-state index is 0.0688. The Morgan fingerprint density at radius 3 is 3.09 bits per heavy atom. The van der Waals surface area contributed by atoms with Crippen LogP contribution in [0, 0.1) is 5.82 Å². The van der Waals surface area contributed by atoms with Crippen LogP contribution >= 0.6 is 11.6 Å². The largest absolute Gasteiger partial charge is 0.371 e. The van der Waals surface area contributed by atoms with Gasteiger partial charge in [0.25, 0.3) is 5.91 Å². The molecule has 1 fully saturated rings. The van der Waals surface area contributed by atoms with Crippen molar-refractivity contribution in [2.75, 3.05) is 6.61 Å². The van der Waals surface area contributed by atoms with Crippen LogP contribution in [0.25, 0.3) is 0 Å². The highest BCUT2D eigenvalue weighted by Crippen LogP contribution is 2.31. The summed E-state index contributed by atoms with van der Waals surface area (Å²) >= 11 is 5.71. The molecule has 0 radical (unpaired) electrons. The topological polar surface area (TPSA) is 56.2 Å². The normalized spacial score (nSPS) is 20.7. The van der Waals surface area contributed by atoms with Crippen LogP contribution in [0.15, 0.2) is 30.6 Å². The molecule has 7 heteroatoms. The average molecular weight is 338 g/mol. The summed E-state index contributed by atoms with van der Waals surface area (Å²) in [4.78, 5) is 12.3. The Morgan fingerprint density at radius 1 is 1.57 bits per heavy atom. The van der Waals surface area contributed by atoms with E-state index in [4.69, 9.17) is 16.3 Å². The number of nitrogens with zero attached hydrogens (tertiary/aromatic N) is 2. The van der Waals surface area contributed by atoms with E-state index in [-0.39, 0.29) is 23.1 Å². The highest BCUT2D eigenvalue weighted by atomic mass is 35.5. The minimum atomic E-state index is -0.492. The first-order valence-electron chi connectivity index (χ1n) is 7.48. The Bertz CT molecular complexity index is 719. The van der Waals surface area contributed by atoms with Gasteiger partial charge in [-0.2, -0.15) is 5.10 Å². The summed E-state index contributed by atoms with van der Waals surface area (Å²) in [5, 5.41) is 7.10. The van der Waals surface area contributed by atoms with E-state index in [0.717, 1.165) is 0 Å². The van der Waals surface area contributed by atoms with Gasteiger partial charge in [0.2, 0.25) is 0 Å². The second-order valence-electron chi connectivity index (χ2n) is 5.42. The van der Waals surface area contributed by atoms with Gasteiger partial charge < -0.3 is 10.1 Å². The lowest BCUT2D eigenvalue weighted by Crippen LogP contribution is -2.36. The second-order valence-corrected chi connectivity index (χ2v) is 5.83. The molecule has 1 saturated heterocycles. The number of carbonyl (C=O) groups excluding carboxylic acids is 1. The van der Waals surface area contributed by atoms with E-state index < -0.39 is 5.82 Å². The van der Waals surface area contributed by atoms with Crippen LogP contribution in [0.1, 0.15) is 35.4 Å². The Kier molecular flexibility index (Phi) is 4.63. The third-order valence-electron chi connectivity index (χ3n) is 3.90. The number of aryl methyl sites for hydroxylation is 1. The molecule has 0 aliphatic carbocycles. The molecule has 1 aromatic heterocycles. The Labute approximate surface area is 138 Å². The van der Waals surface area contributed by atoms with Crippen molar-refractivity contribution in [1.82, 2.24) is 15.1 Å². The molecular weight excluding hydrogens is 321 g/mol. The van der Waals surface area contributed by atoms with Gasteiger partial charge in [0.05, 0.1) is 22.8 Å². The summed E-state index contributed by atoms with van der Waals surface area (Å²) in [6.07, 6.45) is 3.52. The van der Waals surface area contributed by atoms with Gasteiger partial charge >= 0.3 is 0 Å². The predicted octanol–water partition coefficient (Wildman–Crippen LogP) is 2.96. The molecule has 2 heterocycles. The van der Waals surface area contributed by atoms with Gasteiger partial charge in [-0.3, -0.25) is 9.48 Å². The second kappa shape index (κ2) is 6.68. The fourth-order valence-corrected chi connectivity index (χ4v) is 2.78. The van der Waals surface area contributed by atoms with Crippen molar-refractivity contribution in [3.63, 3.8) is 0 Å². The molecule has 3 rings (SSSR count). The van der Waals surface area contributed by atoms with Crippen LogP contribution in [0.2, 0.25) is 5.02 Å². The summed E-state index contributed by atoms with van der Waals surface area (Å²) < 4.78 is 21.0. The Morgan fingerprint density at radius 2 is 2.39 bits per heavy atom. The van der Waals surface area contributed by atoms with Gasteiger partial charge in [-0.05, 0) is 31.0 Å². The number of hydrogen-bond donors (Lipinski definition) is 1. The SMILES string of the molecule is CCn1cc(C(=O)N[C@H]2CCO[C@@H]2c2ccc(Cl)c(F)c2)cn1. The first-order valence-corrected chi connectivity index (χ1v) is 7.86. The van der Waals surface area contributed by atoms with Crippen molar-refractivity contribution in [1.29, 1.82) is 0 Å². The number of aromatic nitrogens is 2. The molecule has 0 spiro atoms. The summed E-state index contributed by atoms with van der Waals surface area (Å²) in [6, 6.07) is 4.35. The van der Waals surface area contributed by atoms with E-state index in [2.05, 4.69) is 10.4 Å². The minimum Gasteiger partial charge on any atom is -0.371 e. The van der Waals surface area contributed by atoms with E-state index in [1.165, 1.54) is 18.3 Å². The van der Waals surface area contributed by atoms with E-state index in [1.807, 2.05) is 6.92 Å². The van der Waals surface area contributed by atoms with Crippen molar-refractivity contribution >= 4 is 17.5 Å². The monoisotopic (exact) mass is 337 g/mol. The van der Waals surface area contributed by atoms with Crippen LogP contribution < -0.4 is 5.32 Å². The number of carbonyl (C=O) groups is 1. The van der Waals surface area contributed by atoms with Crippen molar-refractivity contribution in [3.8, 4) is 0 Å². The van der Waals surface area contributed by atoms with E-state index in [1.54, 1.807) is 16.9 Å². The molecule has 1 aromatic carbocycles. The molecule has 2 atom stereocenters. The third-order valence-corrected chi connectivity index (χ3v) is 4.21. The van der Waals surface area contributed by atoms with E-state index >= 15 is 0 Å². The van der Waals surface area contributed by atoms with E-state index in [9.17, 15) is 9.18 Å². The third kappa shape index (κ3) is 3.38. The summed E-state index contributed by atoms with van der Waals surface area (Å²) in [7, 11) is 0. The quantitative estimate of drug-likeness (QED) is 0.933. The fourth-order valence-electron chi connectivity index (χ4n) is 2.66. The number of amides is 1. The molecule has 23 heavy (non-hydrogen) atoms. The number of ether oxygens (including phenoxy) is 1. The number of benzene rings is 1. The molecule has 1 aliphatic heterocycles. The van der Waals surface area contributed by atoms with Crippen LogP contribution in [0.3, 0.4) is 0 Å². The van der Waals surface area contributed by atoms with Crippen LogP contribution in [0.5, 0.6) is 0 Å². The number of hydrogen-bond acceptors (Lipinski definition) is 3. The number of halogens is 2. The van der Waals surface area contributed by atoms with Crippen molar-refractivity contribution in [2.45, 2.75) is 32.0 Å². The molecule has 2 aromatic rings. The molecular formula is C16H17ClFN3O2. The number of nitrogens with one attached hydrogen (secondary N) is 1. The van der Waals surface area contributed by atoms with E-state index in [0.29, 0.717) is 30.7 Å². The first-order chi connectivity index (χ1) is 11.1. The molecule has 1 aliphatic rings. The highest BCUT2D eigenvalue weighted by molar-refractivity contribution is 6.30. The molecule has 1 N–H and O–H groups in total. The van der Waals surface area contributed by atoms with Crippen LogP contribution in [-0.4, -0.2) is 28.3 Å². The number of rotatable bonds is 4. The maximum absolute atomic E-state index is 13.6. The average Bonchev–Trinajstić information content (AvgIpc) is 3.19. The smallest absolute Gasteiger partial charge is 0.254 e. The molecule has 0 bridgehead atoms. The summed E-state index contributed by atoms with van der Waals surface area (Å²) in [5.74, 6) is -0.700. The summed E-state index contributed by atoms with van der Waals surface area (Å²) in [6.45, 7) is 3.16. The highest BCUT2D eigenvalue weighted by Gasteiger charge is 2.31. The van der Waals surface area contributed by atoms with Crippen molar-refractivity contribution in [2.24, 2.45) is 0 Å². The van der Waals surface area contributed by atoms with Gasteiger partial charge in [0, 0.05) is 19.3 Å². The van der Waals surface area contributed by atoms with Gasteiger partial charge in [-0.1, -0.05) is 17.7 Å². The first kappa shape index (κ1) is 16.0. The van der Waals surface area contributed by atoms with Crippen LogP contribution in [-0.2, 0) is 11.3 Å². The van der Waals surface area contributed by atoms with Gasteiger partial charge in [-0.25, -0.2) is 4.39 Å². The van der Waals surface area contributed by atoms with Crippen LogP contribution in [0.4, 0.5) is 4.39 Å². The molecule has 122 valence electrons. The molecule has 5 nitrogen and oxygen atoms in total. The molecule has 0 unspecified atom stereocenters. The zero-order valence-electron chi connectivity index (χ0n) is 12.6. The standard InChI is InChI=1S/C16H17ClFN3O2/c1-2-21-9-11(8-19-21)16(22)20-14-5-6-23-15(14)10-3-4-12(17)13(18)7-10/h3-4,7-9,14-15H,2,5-6H2,1H3,(H,20,22)/t14-,15+/m0/s1. The fraction of sp³-hybridized carbons (Fsp3) is 0.375. The van der Waals surface area contributed by atoms with Crippen molar-refractivity contribution < 1.29 is 13.9 Å². The van der Waals surface area contributed by atoms with Gasteiger partial charge in [0.1, 0.15) is 11.9 Å². The Balaban J connectivity index is 1.73. The lowest BCUT2D eigenvalue weighted by molar-refractivity contribution is 0.0820. The summed E-state index contributed by atoms with van der Waals surface area (Å²) in [5.41, 5.74) is 1.17. The predicted molar refractivity (Wildman–Crippen MR) is 83.9 cm³/mol. The zero-order valence-corrected chi connectivity index (χ0v) is 13.4. The lowest BCUT2D eigenvalue weighted by Gasteiger charge is -2.20. The molecule has 1 amide bonds. The maximum atomic E-state index is 13.6. The zero-order chi connectivity index (χ0) is 16.4. The van der Waals surface area contributed by atoms with Gasteiger partial charge in [-0.15, -0.1) is 0 Å². The maximum Gasteiger partial charge on any atom is 0.254 e.